The maximum Gasteiger partial charge on any atom is 0.257 e. The van der Waals surface area contributed by atoms with Crippen LogP contribution in [0.25, 0.3) is 27.9 Å². The van der Waals surface area contributed by atoms with Gasteiger partial charge in [-0.1, -0.05) is 0 Å². The second kappa shape index (κ2) is 7.04. The molecule has 0 spiro atoms. The van der Waals surface area contributed by atoms with Crippen LogP contribution < -0.4 is 10.6 Å². The molecule has 2 N–H and O–H groups in total. The van der Waals surface area contributed by atoms with E-state index in [1.54, 1.807) is 11.6 Å². The van der Waals surface area contributed by atoms with Crippen molar-refractivity contribution in [3.63, 3.8) is 0 Å². The minimum Gasteiger partial charge on any atom is -0.373 e. The first-order chi connectivity index (χ1) is 14.9. The van der Waals surface area contributed by atoms with Crippen LogP contribution in [-0.4, -0.2) is 49.3 Å². The molecule has 0 aromatic carbocycles. The number of nitrogens with one attached hydrogen (secondary N) is 2. The van der Waals surface area contributed by atoms with E-state index in [0.717, 1.165) is 22.2 Å². The van der Waals surface area contributed by atoms with Gasteiger partial charge in [0, 0.05) is 48.9 Å². The topological polar surface area (TPSA) is 89.1 Å². The smallest absolute Gasteiger partial charge is 0.257 e. The molecule has 31 heavy (non-hydrogen) atoms. The van der Waals surface area contributed by atoms with Crippen molar-refractivity contribution in [2.75, 3.05) is 12.4 Å². The molecule has 1 fully saturated rings. The fourth-order valence-corrected chi connectivity index (χ4v) is 3.83. The highest BCUT2D eigenvalue weighted by Crippen LogP contribution is 2.33. The van der Waals surface area contributed by atoms with E-state index < -0.39 is 12.2 Å². The summed E-state index contributed by atoms with van der Waals surface area (Å²) in [6.07, 6.45) is 4.76. The van der Waals surface area contributed by atoms with E-state index in [9.17, 15) is 9.18 Å². The third-order valence-corrected chi connectivity index (χ3v) is 5.64. The van der Waals surface area contributed by atoms with Crippen LogP contribution in [0.5, 0.6) is 0 Å². The number of amides is 1. The zero-order chi connectivity index (χ0) is 21.9. The van der Waals surface area contributed by atoms with E-state index in [-0.39, 0.29) is 11.9 Å². The van der Waals surface area contributed by atoms with Crippen molar-refractivity contribution in [2.45, 2.75) is 45.4 Å². The van der Waals surface area contributed by atoms with E-state index in [2.05, 4.69) is 45.2 Å². The van der Waals surface area contributed by atoms with Gasteiger partial charge >= 0.3 is 0 Å². The number of anilines is 1. The Morgan fingerprint density at radius 2 is 2.03 bits per heavy atom. The molecule has 160 valence electrons. The van der Waals surface area contributed by atoms with Gasteiger partial charge in [0.2, 0.25) is 0 Å². The highest BCUT2D eigenvalue weighted by molar-refractivity contribution is 6.01. The number of rotatable bonds is 5. The Bertz CT molecular complexity index is 1320. The van der Waals surface area contributed by atoms with E-state index in [1.165, 1.54) is 6.20 Å². The van der Waals surface area contributed by atoms with Crippen LogP contribution in [0.1, 0.15) is 42.2 Å². The lowest BCUT2D eigenvalue weighted by atomic mass is 10.1. The highest BCUT2D eigenvalue weighted by Gasteiger charge is 2.39. The molecular weight excluding hydrogens is 397 g/mol. The molecule has 0 aliphatic heterocycles. The molecule has 1 amide bonds. The normalized spacial score (nSPS) is 18.1. The van der Waals surface area contributed by atoms with Crippen LogP contribution in [-0.2, 0) is 0 Å². The fraction of sp³-hybridized carbons (Fsp3) is 0.364. The number of alkyl halides is 1. The number of halogens is 1. The number of hydrogen-bond donors (Lipinski definition) is 2. The van der Waals surface area contributed by atoms with E-state index in [0.29, 0.717) is 29.1 Å². The monoisotopic (exact) mass is 421 g/mol. The standard InChI is InChI=1S/C22H24FN7O/c1-11(2)29-10-15(13-5-12(3)8-25-20(13)29)17-7-19(24-4)30-21(27-17)14(9-26-30)22(31)28-18-6-16(18)23/h5,7-11,16,18,24H,6H2,1-4H3,(H,28,31). The summed E-state index contributed by atoms with van der Waals surface area (Å²) in [5, 5.41) is 11.2. The molecule has 0 radical (unpaired) electrons. The lowest BCUT2D eigenvalue weighted by Crippen LogP contribution is -2.27. The van der Waals surface area contributed by atoms with Crippen molar-refractivity contribution in [2.24, 2.45) is 0 Å². The molecule has 2 atom stereocenters. The van der Waals surface area contributed by atoms with Gasteiger partial charge in [-0.05, 0) is 32.4 Å². The molecule has 1 aliphatic rings. The Morgan fingerprint density at radius 1 is 1.26 bits per heavy atom. The van der Waals surface area contributed by atoms with Crippen molar-refractivity contribution < 1.29 is 9.18 Å². The molecule has 8 nitrogen and oxygen atoms in total. The van der Waals surface area contributed by atoms with Crippen LogP contribution >= 0.6 is 0 Å². The van der Waals surface area contributed by atoms with Crippen molar-refractivity contribution in [3.05, 3.63) is 41.9 Å². The number of nitrogens with zero attached hydrogens (tertiary/aromatic N) is 5. The van der Waals surface area contributed by atoms with Crippen LogP contribution in [0.2, 0.25) is 0 Å². The number of fused-ring (bicyclic) bond motifs is 2. The SMILES string of the molecule is CNc1cc(-c2cn(C(C)C)c3ncc(C)cc23)nc2c(C(=O)NC3CC3F)cnn12. The van der Waals surface area contributed by atoms with Gasteiger partial charge in [-0.15, -0.1) is 0 Å². The minimum atomic E-state index is -0.972. The molecule has 4 heterocycles. The van der Waals surface area contributed by atoms with Gasteiger partial charge in [-0.3, -0.25) is 4.79 Å². The third-order valence-electron chi connectivity index (χ3n) is 5.64. The van der Waals surface area contributed by atoms with Crippen LogP contribution in [0, 0.1) is 6.92 Å². The summed E-state index contributed by atoms with van der Waals surface area (Å²) in [6.45, 7) is 6.22. The van der Waals surface area contributed by atoms with Crippen LogP contribution in [0.3, 0.4) is 0 Å². The zero-order valence-electron chi connectivity index (χ0n) is 17.8. The number of pyridine rings is 1. The second-order valence-corrected chi connectivity index (χ2v) is 8.33. The Labute approximate surface area is 178 Å². The molecular formula is C22H24FN7O. The maximum absolute atomic E-state index is 13.3. The van der Waals surface area contributed by atoms with E-state index in [1.807, 2.05) is 25.4 Å². The van der Waals surface area contributed by atoms with Crippen molar-refractivity contribution in [1.82, 2.24) is 29.5 Å². The Kier molecular flexibility index (Phi) is 4.42. The first kappa shape index (κ1) is 19.5. The van der Waals surface area contributed by atoms with Gasteiger partial charge in [0.25, 0.3) is 5.91 Å². The molecule has 1 saturated carbocycles. The highest BCUT2D eigenvalue weighted by atomic mass is 19.1. The predicted molar refractivity (Wildman–Crippen MR) is 117 cm³/mol. The van der Waals surface area contributed by atoms with Gasteiger partial charge in [0.1, 0.15) is 23.2 Å². The van der Waals surface area contributed by atoms with Crippen LogP contribution in [0.4, 0.5) is 10.2 Å². The molecule has 5 rings (SSSR count). The summed E-state index contributed by atoms with van der Waals surface area (Å²) in [5.74, 6) is 0.328. The summed E-state index contributed by atoms with van der Waals surface area (Å²) in [6, 6.07) is 3.80. The predicted octanol–water partition coefficient (Wildman–Crippen LogP) is 3.52. The second-order valence-electron chi connectivity index (χ2n) is 8.33. The lowest BCUT2D eigenvalue weighted by molar-refractivity contribution is 0.0949. The third kappa shape index (κ3) is 3.20. The number of hydrogen-bond acceptors (Lipinski definition) is 5. The Hall–Kier alpha value is -3.49. The zero-order valence-corrected chi connectivity index (χ0v) is 17.8. The summed E-state index contributed by atoms with van der Waals surface area (Å²) in [4.78, 5) is 22.1. The summed E-state index contributed by atoms with van der Waals surface area (Å²) in [5.41, 5.74) is 4.31. The van der Waals surface area contributed by atoms with Crippen molar-refractivity contribution in [3.8, 4) is 11.3 Å². The summed E-state index contributed by atoms with van der Waals surface area (Å²) >= 11 is 0. The molecule has 0 bridgehead atoms. The molecule has 1 aliphatic carbocycles. The number of carbonyl (C=O) groups is 1. The van der Waals surface area contributed by atoms with Crippen LogP contribution in [0.15, 0.2) is 30.7 Å². The maximum atomic E-state index is 13.3. The fourth-order valence-electron chi connectivity index (χ4n) is 3.83. The number of aromatic nitrogens is 5. The van der Waals surface area contributed by atoms with Gasteiger partial charge in [0.15, 0.2) is 5.65 Å². The van der Waals surface area contributed by atoms with Gasteiger partial charge < -0.3 is 15.2 Å². The summed E-state index contributed by atoms with van der Waals surface area (Å²) in [7, 11) is 1.79. The first-order valence-electron chi connectivity index (χ1n) is 10.4. The molecule has 2 unspecified atom stereocenters. The lowest BCUT2D eigenvalue weighted by Gasteiger charge is -2.08. The average molecular weight is 421 g/mol. The van der Waals surface area contributed by atoms with Gasteiger partial charge in [-0.2, -0.15) is 9.61 Å². The quantitative estimate of drug-likeness (QED) is 0.515. The Balaban J connectivity index is 1.69. The Morgan fingerprint density at radius 3 is 2.71 bits per heavy atom. The van der Waals surface area contributed by atoms with E-state index in [4.69, 9.17) is 4.98 Å². The average Bonchev–Trinajstić information content (AvgIpc) is 3.14. The molecule has 0 saturated heterocycles. The first-order valence-corrected chi connectivity index (χ1v) is 10.4. The largest absolute Gasteiger partial charge is 0.373 e. The van der Waals surface area contributed by atoms with E-state index >= 15 is 0 Å². The van der Waals surface area contributed by atoms with Crippen molar-refractivity contribution >= 4 is 28.4 Å². The number of aryl methyl sites for hydroxylation is 1. The van der Waals surface area contributed by atoms with Crippen molar-refractivity contribution in [1.29, 1.82) is 0 Å². The van der Waals surface area contributed by atoms with Gasteiger partial charge in [-0.25, -0.2) is 14.4 Å². The number of carbonyl (C=O) groups excluding carboxylic acids is 1. The molecule has 4 aromatic rings. The summed E-state index contributed by atoms with van der Waals surface area (Å²) < 4.78 is 17.0. The molecule has 4 aromatic heterocycles. The van der Waals surface area contributed by atoms with Gasteiger partial charge in [0.05, 0.1) is 17.9 Å². The molecule has 9 heteroatoms. The minimum absolute atomic E-state index is 0.224.